The standard InChI is InChI=1S/C36H43ClN6S/c1-6-40(7-2)27-11-13-28(14-12-27)42-25(4)22-30(26(42)5)35-34(32-10-8-9-19-38-32)39-36(44)43(35)29-15-16-33(31(37)23-29)41-20-17-24(3)18-21-41/h8-16,19,22-24,34-35H,6-7,17-18,20-21H2,1-5H3,(H,39,44)/t34-,35+/m0/s1. The Labute approximate surface area is 272 Å². The number of thiocarbonyl (C=S) groups is 1. The van der Waals surface area contributed by atoms with Gasteiger partial charge in [-0.15, -0.1) is 0 Å². The highest BCUT2D eigenvalue weighted by Crippen LogP contribution is 2.45. The molecule has 2 aliphatic rings. The van der Waals surface area contributed by atoms with E-state index >= 15 is 0 Å². The number of aryl methyl sites for hydroxylation is 1. The van der Waals surface area contributed by atoms with E-state index in [0.717, 1.165) is 59.9 Å². The molecule has 2 aromatic carbocycles. The summed E-state index contributed by atoms with van der Waals surface area (Å²) in [4.78, 5) is 11.8. The number of nitrogens with zero attached hydrogens (tertiary/aromatic N) is 5. The zero-order chi connectivity index (χ0) is 31.0. The number of nitrogens with one attached hydrogen (secondary N) is 1. The van der Waals surface area contributed by atoms with Crippen LogP contribution in [-0.2, 0) is 0 Å². The summed E-state index contributed by atoms with van der Waals surface area (Å²) in [5, 5.41) is 5.06. The minimum atomic E-state index is -0.121. The van der Waals surface area contributed by atoms with Gasteiger partial charge >= 0.3 is 0 Å². The number of anilines is 3. The predicted octanol–water partition coefficient (Wildman–Crippen LogP) is 8.40. The van der Waals surface area contributed by atoms with Gasteiger partial charge in [-0.3, -0.25) is 4.98 Å². The molecular weight excluding hydrogens is 584 g/mol. The summed E-state index contributed by atoms with van der Waals surface area (Å²) in [6.07, 6.45) is 4.24. The molecule has 4 heterocycles. The largest absolute Gasteiger partial charge is 0.372 e. The number of piperidine rings is 1. The number of benzene rings is 2. The highest BCUT2D eigenvalue weighted by Gasteiger charge is 2.42. The minimum Gasteiger partial charge on any atom is -0.372 e. The molecule has 0 unspecified atom stereocenters. The van der Waals surface area contributed by atoms with Crippen molar-refractivity contribution in [1.29, 1.82) is 0 Å². The third kappa shape index (κ3) is 5.68. The van der Waals surface area contributed by atoms with Crippen molar-refractivity contribution in [3.63, 3.8) is 0 Å². The average molecular weight is 627 g/mol. The Morgan fingerprint density at radius 3 is 2.30 bits per heavy atom. The van der Waals surface area contributed by atoms with Crippen molar-refractivity contribution in [2.24, 2.45) is 5.92 Å². The first-order chi connectivity index (χ1) is 21.3. The molecule has 0 radical (unpaired) electrons. The van der Waals surface area contributed by atoms with Crippen LogP contribution in [0.5, 0.6) is 0 Å². The van der Waals surface area contributed by atoms with E-state index in [1.54, 1.807) is 0 Å². The van der Waals surface area contributed by atoms with Crippen molar-refractivity contribution in [2.45, 2.75) is 59.5 Å². The van der Waals surface area contributed by atoms with Crippen LogP contribution in [0, 0.1) is 19.8 Å². The molecule has 230 valence electrons. The van der Waals surface area contributed by atoms with Gasteiger partial charge in [0, 0.05) is 60.8 Å². The predicted molar refractivity (Wildman–Crippen MR) is 189 cm³/mol. The average Bonchev–Trinajstić information content (AvgIpc) is 3.53. The van der Waals surface area contributed by atoms with Crippen LogP contribution in [0.1, 0.15) is 68.3 Å². The summed E-state index contributed by atoms with van der Waals surface area (Å²) >= 11 is 13.1. The van der Waals surface area contributed by atoms with Gasteiger partial charge in [-0.25, -0.2) is 0 Å². The van der Waals surface area contributed by atoms with Gasteiger partial charge in [0.2, 0.25) is 0 Å². The van der Waals surface area contributed by atoms with Gasteiger partial charge in [0.15, 0.2) is 5.11 Å². The number of pyridine rings is 1. The minimum absolute atomic E-state index is 0.106. The molecule has 4 aromatic rings. The first-order valence-electron chi connectivity index (χ1n) is 15.9. The Bertz CT molecular complexity index is 1610. The maximum atomic E-state index is 7.02. The lowest BCUT2D eigenvalue weighted by Crippen LogP contribution is -2.33. The number of hydrogen-bond acceptors (Lipinski definition) is 4. The van der Waals surface area contributed by atoms with E-state index in [1.807, 2.05) is 18.3 Å². The van der Waals surface area contributed by atoms with Crippen LogP contribution in [0.15, 0.2) is 72.9 Å². The molecule has 2 aliphatic heterocycles. The zero-order valence-corrected chi connectivity index (χ0v) is 28.0. The second kappa shape index (κ2) is 12.8. The third-order valence-corrected chi connectivity index (χ3v) is 10.1. The van der Waals surface area contributed by atoms with E-state index in [4.69, 9.17) is 28.8 Å². The molecule has 0 aliphatic carbocycles. The van der Waals surface area contributed by atoms with Crippen molar-refractivity contribution < 1.29 is 0 Å². The van der Waals surface area contributed by atoms with Gasteiger partial charge in [-0.1, -0.05) is 24.6 Å². The molecule has 8 heteroatoms. The highest BCUT2D eigenvalue weighted by atomic mass is 35.5. The van der Waals surface area contributed by atoms with E-state index in [1.165, 1.54) is 35.5 Å². The molecule has 0 amide bonds. The number of halogens is 1. The fourth-order valence-corrected chi connectivity index (χ4v) is 7.63. The number of hydrogen-bond donors (Lipinski definition) is 1. The maximum absolute atomic E-state index is 7.02. The molecular formula is C36H43ClN6S. The summed E-state index contributed by atoms with van der Waals surface area (Å²) in [5.74, 6) is 0.765. The molecule has 6 nitrogen and oxygen atoms in total. The molecule has 6 rings (SSSR count). The van der Waals surface area contributed by atoms with Crippen molar-refractivity contribution in [3.8, 4) is 5.69 Å². The van der Waals surface area contributed by atoms with Crippen LogP contribution in [0.2, 0.25) is 5.02 Å². The van der Waals surface area contributed by atoms with Gasteiger partial charge in [-0.2, -0.15) is 0 Å². The normalized spacial score (nSPS) is 19.0. The van der Waals surface area contributed by atoms with Crippen LogP contribution in [0.4, 0.5) is 17.1 Å². The van der Waals surface area contributed by atoms with E-state index in [0.29, 0.717) is 5.11 Å². The fraction of sp³-hybridized carbons (Fsp3) is 0.389. The molecule has 2 aromatic heterocycles. The topological polar surface area (TPSA) is 39.6 Å². The van der Waals surface area contributed by atoms with E-state index < -0.39 is 0 Å². The van der Waals surface area contributed by atoms with E-state index in [9.17, 15) is 0 Å². The molecule has 1 N–H and O–H groups in total. The summed E-state index contributed by atoms with van der Waals surface area (Å²) < 4.78 is 2.35. The van der Waals surface area contributed by atoms with E-state index in [2.05, 4.69) is 114 Å². The van der Waals surface area contributed by atoms with Gasteiger partial charge < -0.3 is 24.6 Å². The van der Waals surface area contributed by atoms with Crippen LogP contribution >= 0.6 is 23.8 Å². The van der Waals surface area contributed by atoms with Gasteiger partial charge in [0.25, 0.3) is 0 Å². The third-order valence-electron chi connectivity index (χ3n) is 9.46. The molecule has 44 heavy (non-hydrogen) atoms. The lowest BCUT2D eigenvalue weighted by molar-refractivity contribution is 0.438. The molecule has 2 atom stereocenters. The summed E-state index contributed by atoms with van der Waals surface area (Å²) in [6.45, 7) is 15.2. The summed E-state index contributed by atoms with van der Waals surface area (Å²) in [6, 6.07) is 23.5. The lowest BCUT2D eigenvalue weighted by Gasteiger charge is -2.33. The van der Waals surface area contributed by atoms with Gasteiger partial charge in [0.05, 0.1) is 28.5 Å². The van der Waals surface area contributed by atoms with Crippen LogP contribution in [0.25, 0.3) is 5.69 Å². The Morgan fingerprint density at radius 1 is 0.955 bits per heavy atom. The molecule has 2 saturated heterocycles. The van der Waals surface area contributed by atoms with Crippen molar-refractivity contribution >= 4 is 46.0 Å². The fourth-order valence-electron chi connectivity index (χ4n) is 6.99. The summed E-state index contributed by atoms with van der Waals surface area (Å²) in [7, 11) is 0. The Kier molecular flexibility index (Phi) is 8.88. The second-order valence-corrected chi connectivity index (χ2v) is 12.9. The molecule has 2 fully saturated rings. The van der Waals surface area contributed by atoms with Gasteiger partial charge in [-0.05, 0) is 125 Å². The van der Waals surface area contributed by atoms with Crippen LogP contribution < -0.4 is 20.0 Å². The highest BCUT2D eigenvalue weighted by molar-refractivity contribution is 7.80. The second-order valence-electron chi connectivity index (χ2n) is 12.2. The summed E-state index contributed by atoms with van der Waals surface area (Å²) in [5.41, 5.74) is 9.02. The van der Waals surface area contributed by atoms with Gasteiger partial charge in [0.1, 0.15) is 0 Å². The smallest absolute Gasteiger partial charge is 0.174 e. The molecule has 0 spiro atoms. The Morgan fingerprint density at radius 2 is 1.66 bits per heavy atom. The van der Waals surface area contributed by atoms with Crippen molar-refractivity contribution in [1.82, 2.24) is 14.9 Å². The van der Waals surface area contributed by atoms with Crippen molar-refractivity contribution in [3.05, 3.63) is 101 Å². The van der Waals surface area contributed by atoms with E-state index in [-0.39, 0.29) is 12.1 Å². The Balaban J connectivity index is 1.40. The number of aromatic nitrogens is 2. The van der Waals surface area contributed by atoms with Crippen molar-refractivity contribution in [2.75, 3.05) is 40.9 Å². The zero-order valence-electron chi connectivity index (χ0n) is 26.4. The molecule has 0 bridgehead atoms. The lowest BCUT2D eigenvalue weighted by atomic mass is 9.96. The first kappa shape index (κ1) is 30.5. The maximum Gasteiger partial charge on any atom is 0.174 e. The quantitative estimate of drug-likeness (QED) is 0.198. The first-order valence-corrected chi connectivity index (χ1v) is 16.7. The van der Waals surface area contributed by atoms with Crippen LogP contribution in [0.3, 0.4) is 0 Å². The molecule has 0 saturated carbocycles. The Hall–Kier alpha value is -3.55. The SMILES string of the molecule is CCN(CC)c1ccc(-n2c(C)cc([C@@H]3[C@H](c4ccccn4)NC(=S)N3c3ccc(N4CCC(C)CC4)c(Cl)c3)c2C)cc1. The number of rotatable bonds is 8. The monoisotopic (exact) mass is 626 g/mol. The van der Waals surface area contributed by atoms with Crippen LogP contribution in [-0.4, -0.2) is 40.8 Å².